The summed E-state index contributed by atoms with van der Waals surface area (Å²) >= 11 is 0. The number of hydrogen-bond donors (Lipinski definition) is 0. The van der Waals surface area contributed by atoms with Crippen LogP contribution in [-0.2, 0) is 6.42 Å². The molecule has 0 aliphatic heterocycles. The third-order valence-electron chi connectivity index (χ3n) is 9.70. The van der Waals surface area contributed by atoms with Crippen LogP contribution >= 0.6 is 0 Å². The summed E-state index contributed by atoms with van der Waals surface area (Å²) in [5.74, 6) is 0. The van der Waals surface area contributed by atoms with Crippen molar-refractivity contribution < 1.29 is 0 Å². The zero-order valence-corrected chi connectivity index (χ0v) is 24.2. The first-order chi connectivity index (χ1) is 21.9. The highest BCUT2D eigenvalue weighted by Gasteiger charge is 2.27. The number of hydrogen-bond acceptors (Lipinski definition) is 0. The van der Waals surface area contributed by atoms with E-state index in [1.165, 1.54) is 87.7 Å². The Hall–Kier alpha value is -5.60. The standard InChI is InChI=1S/C42H28N2/c1-2-15-30(16-3-1)43-37-25-23-28-13-6-7-17-32(28)38(37)39-33-18-8-9-19-34(33)41-40(42(39)43)35-20-10-11-21-36(35)44(41)31-24-22-27-12-4-5-14-29(27)26-31/h1-7,9-17,19-26H,8,18H2. The van der Waals surface area contributed by atoms with Crippen LogP contribution < -0.4 is 0 Å². The van der Waals surface area contributed by atoms with Gasteiger partial charge in [-0.15, -0.1) is 0 Å². The summed E-state index contributed by atoms with van der Waals surface area (Å²) in [5.41, 5.74) is 10.3. The lowest BCUT2D eigenvalue weighted by molar-refractivity contribution is 0.997. The molecule has 0 spiro atoms. The van der Waals surface area contributed by atoms with Crippen LogP contribution in [0.1, 0.15) is 17.5 Å². The van der Waals surface area contributed by atoms with Gasteiger partial charge >= 0.3 is 0 Å². The van der Waals surface area contributed by atoms with E-state index in [1.54, 1.807) is 0 Å². The van der Waals surface area contributed by atoms with Crippen LogP contribution in [0.2, 0.25) is 0 Å². The average molecular weight is 561 g/mol. The van der Waals surface area contributed by atoms with Crippen molar-refractivity contribution in [3.05, 3.63) is 151 Å². The van der Waals surface area contributed by atoms with E-state index in [4.69, 9.17) is 0 Å². The first kappa shape index (κ1) is 23.9. The molecular weight excluding hydrogens is 532 g/mol. The average Bonchev–Trinajstić information content (AvgIpc) is 3.63. The Morgan fingerprint density at radius 1 is 0.455 bits per heavy atom. The molecule has 44 heavy (non-hydrogen) atoms. The lowest BCUT2D eigenvalue weighted by Crippen LogP contribution is -2.02. The second-order valence-corrected chi connectivity index (χ2v) is 12.0. The molecule has 2 nitrogen and oxygen atoms in total. The molecule has 0 amide bonds. The SMILES string of the molecule is C1=Cc2c(c3c4c5ccccc5ccc4n(-c4ccccc4)c3c3c4ccccc4n(-c4ccc5ccccc5c4)c23)CC1. The normalized spacial score (nSPS) is 13.2. The van der Waals surface area contributed by atoms with Crippen molar-refractivity contribution in [2.24, 2.45) is 0 Å². The number of fused-ring (bicyclic) bond motifs is 13. The highest BCUT2D eigenvalue weighted by Crippen LogP contribution is 2.48. The molecule has 10 rings (SSSR count). The molecule has 0 saturated carbocycles. The van der Waals surface area contributed by atoms with Crippen LogP contribution in [0.15, 0.2) is 140 Å². The van der Waals surface area contributed by atoms with Gasteiger partial charge in [-0.1, -0.05) is 109 Å². The molecule has 1 aliphatic carbocycles. The van der Waals surface area contributed by atoms with Gasteiger partial charge in [0.2, 0.25) is 0 Å². The summed E-state index contributed by atoms with van der Waals surface area (Å²) in [6.07, 6.45) is 6.83. The molecule has 0 fully saturated rings. The minimum atomic E-state index is 1.02. The number of benzene rings is 7. The Bertz CT molecular complexity index is 2650. The Morgan fingerprint density at radius 3 is 2.05 bits per heavy atom. The van der Waals surface area contributed by atoms with Crippen LogP contribution in [0.5, 0.6) is 0 Å². The molecular formula is C42H28N2. The lowest BCUT2D eigenvalue weighted by atomic mass is 9.89. The minimum absolute atomic E-state index is 1.02. The fourth-order valence-corrected chi connectivity index (χ4v) is 7.90. The highest BCUT2D eigenvalue weighted by atomic mass is 15.0. The van der Waals surface area contributed by atoms with E-state index in [9.17, 15) is 0 Å². The molecule has 206 valence electrons. The molecule has 7 aromatic carbocycles. The topological polar surface area (TPSA) is 9.86 Å². The van der Waals surface area contributed by atoms with E-state index in [0.29, 0.717) is 0 Å². The van der Waals surface area contributed by atoms with Crippen molar-refractivity contribution in [3.8, 4) is 11.4 Å². The van der Waals surface area contributed by atoms with Gasteiger partial charge in [-0.25, -0.2) is 0 Å². The van der Waals surface area contributed by atoms with Gasteiger partial charge < -0.3 is 9.13 Å². The van der Waals surface area contributed by atoms with Gasteiger partial charge in [0.25, 0.3) is 0 Å². The third kappa shape index (κ3) is 3.15. The molecule has 0 saturated heterocycles. The van der Waals surface area contributed by atoms with Gasteiger partial charge in [0, 0.05) is 38.5 Å². The summed E-state index contributed by atoms with van der Waals surface area (Å²) in [5, 5.41) is 10.5. The summed E-state index contributed by atoms with van der Waals surface area (Å²) in [4.78, 5) is 0. The number of aryl methyl sites for hydroxylation is 1. The lowest BCUT2D eigenvalue weighted by Gasteiger charge is -2.18. The van der Waals surface area contributed by atoms with Gasteiger partial charge in [-0.2, -0.15) is 0 Å². The van der Waals surface area contributed by atoms with Crippen LogP contribution in [-0.4, -0.2) is 9.13 Å². The van der Waals surface area contributed by atoms with Crippen molar-refractivity contribution in [1.29, 1.82) is 0 Å². The molecule has 0 N–H and O–H groups in total. The Kier molecular flexibility index (Phi) is 4.86. The monoisotopic (exact) mass is 560 g/mol. The molecule has 2 aromatic heterocycles. The van der Waals surface area contributed by atoms with Crippen molar-refractivity contribution in [1.82, 2.24) is 9.13 Å². The van der Waals surface area contributed by atoms with E-state index < -0.39 is 0 Å². The van der Waals surface area contributed by atoms with E-state index in [0.717, 1.165) is 12.8 Å². The highest BCUT2D eigenvalue weighted by molar-refractivity contribution is 6.32. The van der Waals surface area contributed by atoms with Gasteiger partial charge in [0.1, 0.15) is 0 Å². The summed E-state index contributed by atoms with van der Waals surface area (Å²) in [6, 6.07) is 49.0. The number of nitrogens with zero attached hydrogens (tertiary/aromatic N) is 2. The van der Waals surface area contributed by atoms with Gasteiger partial charge in [-0.05, 0) is 76.3 Å². The van der Waals surface area contributed by atoms with Crippen molar-refractivity contribution in [2.45, 2.75) is 12.8 Å². The van der Waals surface area contributed by atoms with Crippen LogP contribution in [0, 0.1) is 0 Å². The van der Waals surface area contributed by atoms with E-state index in [-0.39, 0.29) is 0 Å². The van der Waals surface area contributed by atoms with Crippen LogP contribution in [0.4, 0.5) is 0 Å². The van der Waals surface area contributed by atoms with Crippen molar-refractivity contribution in [3.63, 3.8) is 0 Å². The first-order valence-electron chi connectivity index (χ1n) is 15.5. The fourth-order valence-electron chi connectivity index (χ4n) is 7.90. The second-order valence-electron chi connectivity index (χ2n) is 12.0. The predicted octanol–water partition coefficient (Wildman–Crippen LogP) is 11.1. The largest absolute Gasteiger partial charge is 0.309 e. The number of rotatable bonds is 2. The van der Waals surface area contributed by atoms with Crippen LogP contribution in [0.3, 0.4) is 0 Å². The summed E-state index contributed by atoms with van der Waals surface area (Å²) in [6.45, 7) is 0. The fraction of sp³-hybridized carbons (Fsp3) is 0.0476. The zero-order valence-electron chi connectivity index (χ0n) is 24.2. The zero-order chi connectivity index (χ0) is 28.8. The second kappa shape index (κ2) is 8.95. The predicted molar refractivity (Wildman–Crippen MR) is 187 cm³/mol. The van der Waals surface area contributed by atoms with Gasteiger partial charge in [0.15, 0.2) is 0 Å². The van der Waals surface area contributed by atoms with E-state index >= 15 is 0 Å². The summed E-state index contributed by atoms with van der Waals surface area (Å²) < 4.78 is 5.06. The summed E-state index contributed by atoms with van der Waals surface area (Å²) in [7, 11) is 0. The van der Waals surface area contributed by atoms with Crippen molar-refractivity contribution >= 4 is 71.2 Å². The molecule has 0 unspecified atom stereocenters. The first-order valence-corrected chi connectivity index (χ1v) is 15.5. The maximum Gasteiger partial charge on any atom is 0.0644 e. The minimum Gasteiger partial charge on any atom is -0.309 e. The van der Waals surface area contributed by atoms with Crippen LogP contribution in [0.25, 0.3) is 82.6 Å². The van der Waals surface area contributed by atoms with Gasteiger partial charge in [-0.3, -0.25) is 0 Å². The molecule has 0 radical (unpaired) electrons. The molecule has 9 aromatic rings. The molecule has 2 heteroatoms. The quantitative estimate of drug-likeness (QED) is 0.199. The number of allylic oxidation sites excluding steroid dienone is 1. The third-order valence-corrected chi connectivity index (χ3v) is 9.70. The Balaban J connectivity index is 1.52. The Morgan fingerprint density at radius 2 is 1.16 bits per heavy atom. The smallest absolute Gasteiger partial charge is 0.0644 e. The number of aromatic nitrogens is 2. The molecule has 2 heterocycles. The molecule has 1 aliphatic rings. The van der Waals surface area contributed by atoms with Crippen molar-refractivity contribution in [2.75, 3.05) is 0 Å². The molecule has 0 bridgehead atoms. The maximum atomic E-state index is 2.54. The Labute approximate surface area is 254 Å². The molecule has 0 atom stereocenters. The van der Waals surface area contributed by atoms with E-state index in [2.05, 4.69) is 155 Å². The maximum absolute atomic E-state index is 2.54. The number of para-hydroxylation sites is 2. The van der Waals surface area contributed by atoms with E-state index in [1.807, 2.05) is 0 Å². The van der Waals surface area contributed by atoms with Gasteiger partial charge in [0.05, 0.1) is 22.1 Å².